The molecule has 0 aromatic heterocycles. The van der Waals surface area contributed by atoms with E-state index in [4.69, 9.17) is 9.47 Å². The van der Waals surface area contributed by atoms with Gasteiger partial charge in [-0.15, -0.1) is 0 Å². The van der Waals surface area contributed by atoms with Gasteiger partial charge in [0, 0.05) is 32.8 Å². The van der Waals surface area contributed by atoms with Crippen molar-refractivity contribution in [1.29, 1.82) is 0 Å². The number of nitrogens with one attached hydrogen (secondary N) is 1. The molecule has 0 aromatic rings. The van der Waals surface area contributed by atoms with Crippen LogP contribution in [0.3, 0.4) is 0 Å². The summed E-state index contributed by atoms with van der Waals surface area (Å²) in [6.45, 7) is 10.1. The van der Waals surface area contributed by atoms with Crippen LogP contribution in [0.1, 0.15) is 20.3 Å². The van der Waals surface area contributed by atoms with E-state index in [-0.39, 0.29) is 5.91 Å². The zero-order valence-electron chi connectivity index (χ0n) is 11.6. The van der Waals surface area contributed by atoms with Crippen LogP contribution in [0.25, 0.3) is 0 Å². The van der Waals surface area contributed by atoms with Crippen molar-refractivity contribution in [2.75, 3.05) is 52.6 Å². The van der Waals surface area contributed by atoms with Crippen LogP contribution < -0.4 is 5.32 Å². The first kappa shape index (κ1) is 15.4. The summed E-state index contributed by atoms with van der Waals surface area (Å²) >= 11 is 0. The molecule has 106 valence electrons. The number of hydrogen-bond acceptors (Lipinski definition) is 4. The molecule has 0 unspecified atom stereocenters. The van der Waals surface area contributed by atoms with E-state index in [2.05, 4.69) is 19.2 Å². The van der Waals surface area contributed by atoms with Crippen molar-refractivity contribution in [3.8, 4) is 0 Å². The van der Waals surface area contributed by atoms with Crippen molar-refractivity contribution < 1.29 is 14.3 Å². The van der Waals surface area contributed by atoms with Gasteiger partial charge in [-0.1, -0.05) is 13.8 Å². The smallest absolute Gasteiger partial charge is 0.224 e. The van der Waals surface area contributed by atoms with E-state index in [0.717, 1.165) is 32.8 Å². The molecule has 1 saturated heterocycles. The first-order chi connectivity index (χ1) is 8.70. The van der Waals surface area contributed by atoms with Gasteiger partial charge < -0.3 is 19.7 Å². The summed E-state index contributed by atoms with van der Waals surface area (Å²) in [5, 5.41) is 3.23. The summed E-state index contributed by atoms with van der Waals surface area (Å²) in [6.07, 6.45) is 0.476. The summed E-state index contributed by atoms with van der Waals surface area (Å²) in [7, 11) is 0. The molecular formula is C13H26N2O3. The van der Waals surface area contributed by atoms with Gasteiger partial charge in [0.05, 0.1) is 26.2 Å². The molecule has 0 spiro atoms. The lowest BCUT2D eigenvalue weighted by Gasteiger charge is -2.27. The molecule has 18 heavy (non-hydrogen) atoms. The molecule has 1 aliphatic heterocycles. The SMILES string of the molecule is CC(C)COCCOCCC(=O)N1CCNCC1. The Morgan fingerprint density at radius 2 is 1.83 bits per heavy atom. The van der Waals surface area contributed by atoms with Gasteiger partial charge in [-0.05, 0) is 5.92 Å². The zero-order valence-corrected chi connectivity index (χ0v) is 11.6. The predicted octanol–water partition coefficient (Wildman–Crippen LogP) is 0.498. The van der Waals surface area contributed by atoms with Gasteiger partial charge in [0.15, 0.2) is 0 Å². The minimum absolute atomic E-state index is 0.194. The molecule has 1 N–H and O–H groups in total. The number of carbonyl (C=O) groups is 1. The van der Waals surface area contributed by atoms with E-state index in [1.165, 1.54) is 0 Å². The molecule has 1 rings (SSSR count). The topological polar surface area (TPSA) is 50.8 Å². The Labute approximate surface area is 110 Å². The summed E-state index contributed by atoms with van der Waals surface area (Å²) < 4.78 is 10.8. The van der Waals surface area contributed by atoms with Gasteiger partial charge in [0.25, 0.3) is 0 Å². The molecule has 0 aliphatic carbocycles. The Bertz CT molecular complexity index is 228. The van der Waals surface area contributed by atoms with E-state index in [9.17, 15) is 4.79 Å². The summed E-state index contributed by atoms with van der Waals surface area (Å²) in [5.74, 6) is 0.749. The van der Waals surface area contributed by atoms with Crippen molar-refractivity contribution in [2.24, 2.45) is 5.92 Å². The standard InChI is InChI=1S/C13H26N2O3/c1-12(2)11-18-10-9-17-8-3-13(16)15-6-4-14-5-7-15/h12,14H,3-11H2,1-2H3. The Hall–Kier alpha value is -0.650. The fraction of sp³-hybridized carbons (Fsp3) is 0.923. The highest BCUT2D eigenvalue weighted by Crippen LogP contribution is 1.97. The maximum Gasteiger partial charge on any atom is 0.224 e. The highest BCUT2D eigenvalue weighted by atomic mass is 16.5. The lowest BCUT2D eigenvalue weighted by Crippen LogP contribution is -2.46. The van der Waals surface area contributed by atoms with E-state index < -0.39 is 0 Å². The molecule has 0 bridgehead atoms. The van der Waals surface area contributed by atoms with E-state index in [1.54, 1.807) is 0 Å². The molecule has 1 fully saturated rings. The first-order valence-electron chi connectivity index (χ1n) is 6.84. The van der Waals surface area contributed by atoms with Crippen LogP contribution in [0.15, 0.2) is 0 Å². The molecule has 1 heterocycles. The van der Waals surface area contributed by atoms with Crippen LogP contribution >= 0.6 is 0 Å². The van der Waals surface area contributed by atoms with E-state index in [1.807, 2.05) is 4.90 Å². The third-order valence-corrected chi connectivity index (χ3v) is 2.75. The highest BCUT2D eigenvalue weighted by molar-refractivity contribution is 5.76. The van der Waals surface area contributed by atoms with Gasteiger partial charge in [0.2, 0.25) is 5.91 Å². The van der Waals surface area contributed by atoms with Crippen molar-refractivity contribution in [3.05, 3.63) is 0 Å². The largest absolute Gasteiger partial charge is 0.379 e. The number of hydrogen-bond donors (Lipinski definition) is 1. The van der Waals surface area contributed by atoms with E-state index in [0.29, 0.717) is 32.2 Å². The third-order valence-electron chi connectivity index (χ3n) is 2.75. The third kappa shape index (κ3) is 6.93. The normalized spacial score (nSPS) is 16.3. The zero-order chi connectivity index (χ0) is 13.2. The van der Waals surface area contributed by atoms with Crippen molar-refractivity contribution in [2.45, 2.75) is 20.3 Å². The number of rotatable bonds is 8. The number of amides is 1. The molecule has 0 aromatic carbocycles. The van der Waals surface area contributed by atoms with Crippen molar-refractivity contribution >= 4 is 5.91 Å². The average molecular weight is 258 g/mol. The number of carbonyl (C=O) groups excluding carboxylic acids is 1. The second-order valence-corrected chi connectivity index (χ2v) is 4.96. The molecule has 0 atom stereocenters. The fourth-order valence-electron chi connectivity index (χ4n) is 1.77. The summed E-state index contributed by atoms with van der Waals surface area (Å²) in [5.41, 5.74) is 0. The van der Waals surface area contributed by atoms with Crippen LogP contribution in [0.5, 0.6) is 0 Å². The molecule has 0 saturated carbocycles. The molecule has 1 amide bonds. The maximum absolute atomic E-state index is 11.8. The first-order valence-corrected chi connectivity index (χ1v) is 6.84. The highest BCUT2D eigenvalue weighted by Gasteiger charge is 2.15. The fourth-order valence-corrected chi connectivity index (χ4v) is 1.77. The monoisotopic (exact) mass is 258 g/mol. The molecule has 5 heteroatoms. The number of nitrogens with zero attached hydrogens (tertiary/aromatic N) is 1. The van der Waals surface area contributed by atoms with Crippen LogP contribution in [0, 0.1) is 5.92 Å². The second-order valence-electron chi connectivity index (χ2n) is 4.96. The van der Waals surface area contributed by atoms with Crippen LogP contribution in [0.2, 0.25) is 0 Å². The van der Waals surface area contributed by atoms with Gasteiger partial charge in [-0.25, -0.2) is 0 Å². The minimum Gasteiger partial charge on any atom is -0.379 e. The Morgan fingerprint density at radius 3 is 2.50 bits per heavy atom. The molecule has 1 aliphatic rings. The van der Waals surface area contributed by atoms with Gasteiger partial charge in [0.1, 0.15) is 0 Å². The predicted molar refractivity (Wildman–Crippen MR) is 70.5 cm³/mol. The average Bonchev–Trinajstić information content (AvgIpc) is 2.38. The van der Waals surface area contributed by atoms with Crippen molar-refractivity contribution in [1.82, 2.24) is 10.2 Å². The Kier molecular flexibility index (Phi) is 7.96. The Morgan fingerprint density at radius 1 is 1.17 bits per heavy atom. The van der Waals surface area contributed by atoms with Gasteiger partial charge in [-0.3, -0.25) is 4.79 Å². The lowest BCUT2D eigenvalue weighted by molar-refractivity contribution is -0.133. The summed E-state index contributed by atoms with van der Waals surface area (Å²) in [4.78, 5) is 13.7. The Balaban J connectivity index is 1.92. The van der Waals surface area contributed by atoms with Gasteiger partial charge in [-0.2, -0.15) is 0 Å². The van der Waals surface area contributed by atoms with E-state index >= 15 is 0 Å². The van der Waals surface area contributed by atoms with Gasteiger partial charge >= 0.3 is 0 Å². The minimum atomic E-state index is 0.194. The second kappa shape index (κ2) is 9.30. The molecule has 5 nitrogen and oxygen atoms in total. The van der Waals surface area contributed by atoms with Crippen molar-refractivity contribution in [3.63, 3.8) is 0 Å². The lowest BCUT2D eigenvalue weighted by atomic mass is 10.2. The molecular weight excluding hydrogens is 232 g/mol. The van der Waals surface area contributed by atoms with Crippen LogP contribution in [-0.4, -0.2) is 63.4 Å². The van der Waals surface area contributed by atoms with Crippen LogP contribution in [0.4, 0.5) is 0 Å². The number of piperazine rings is 1. The number of ether oxygens (including phenoxy) is 2. The quantitative estimate of drug-likeness (QED) is 0.644. The summed E-state index contributed by atoms with van der Waals surface area (Å²) in [6, 6.07) is 0. The molecule has 0 radical (unpaired) electrons. The maximum atomic E-state index is 11.8. The van der Waals surface area contributed by atoms with Crippen LogP contribution in [-0.2, 0) is 14.3 Å².